The highest BCUT2D eigenvalue weighted by Gasteiger charge is 2.29. The first-order valence-corrected chi connectivity index (χ1v) is 9.29. The van der Waals surface area contributed by atoms with Crippen LogP contribution in [0.3, 0.4) is 0 Å². The van der Waals surface area contributed by atoms with Gasteiger partial charge >= 0.3 is 11.8 Å². The predicted octanol–water partition coefficient (Wildman–Crippen LogP) is 1.34. The number of hydrogen-bond acceptors (Lipinski definition) is 4. The summed E-state index contributed by atoms with van der Waals surface area (Å²) in [6, 6.07) is 7.61. The maximum atomic E-state index is 12.3. The van der Waals surface area contributed by atoms with Crippen molar-refractivity contribution in [1.82, 2.24) is 4.90 Å². The van der Waals surface area contributed by atoms with Crippen LogP contribution in [0, 0.1) is 5.92 Å². The minimum atomic E-state index is -0.645. The fraction of sp³-hybridized carbons (Fsp3) is 0.526. The molecule has 2 aliphatic heterocycles. The number of nitrogens with zero attached hydrogens (tertiary/aromatic N) is 2. The second-order valence-corrected chi connectivity index (χ2v) is 7.02. The summed E-state index contributed by atoms with van der Waals surface area (Å²) in [6.45, 7) is 2.89. The third-order valence-electron chi connectivity index (χ3n) is 5.23. The van der Waals surface area contributed by atoms with Gasteiger partial charge in [0.05, 0.1) is 0 Å². The normalized spacial score (nSPS) is 18.5. The van der Waals surface area contributed by atoms with Crippen LogP contribution in [0.1, 0.15) is 32.1 Å². The molecule has 0 aromatic heterocycles. The van der Waals surface area contributed by atoms with Gasteiger partial charge in [-0.1, -0.05) is 0 Å². The van der Waals surface area contributed by atoms with Crippen molar-refractivity contribution in [2.75, 3.05) is 36.4 Å². The lowest BCUT2D eigenvalue weighted by Crippen LogP contribution is -2.46. The summed E-state index contributed by atoms with van der Waals surface area (Å²) >= 11 is 0. The molecule has 0 aliphatic carbocycles. The van der Waals surface area contributed by atoms with E-state index in [1.165, 1.54) is 24.2 Å². The summed E-state index contributed by atoms with van der Waals surface area (Å²) in [4.78, 5) is 39.5. The molecular weight excluding hydrogens is 332 g/mol. The third-order valence-corrected chi connectivity index (χ3v) is 5.23. The Hall–Kier alpha value is -2.57. The second-order valence-electron chi connectivity index (χ2n) is 7.02. The molecular formula is C19H26N4O3. The Morgan fingerprint density at radius 1 is 0.923 bits per heavy atom. The van der Waals surface area contributed by atoms with Gasteiger partial charge in [-0.15, -0.1) is 0 Å². The van der Waals surface area contributed by atoms with Crippen molar-refractivity contribution in [3.8, 4) is 0 Å². The minimum Gasteiger partial charge on any atom is -0.372 e. The molecule has 7 nitrogen and oxygen atoms in total. The molecule has 1 aromatic rings. The Labute approximate surface area is 153 Å². The van der Waals surface area contributed by atoms with Crippen LogP contribution in [0.4, 0.5) is 11.4 Å². The molecule has 0 radical (unpaired) electrons. The monoisotopic (exact) mass is 358 g/mol. The molecule has 0 saturated carbocycles. The first kappa shape index (κ1) is 18.2. The molecule has 2 heterocycles. The number of likely N-dealkylation sites (tertiary alicyclic amines) is 1. The molecule has 2 saturated heterocycles. The highest BCUT2D eigenvalue weighted by Crippen LogP contribution is 2.22. The first-order valence-electron chi connectivity index (χ1n) is 9.29. The molecule has 7 heteroatoms. The van der Waals surface area contributed by atoms with E-state index in [9.17, 15) is 14.4 Å². The highest BCUT2D eigenvalue weighted by molar-refractivity contribution is 6.39. The molecule has 26 heavy (non-hydrogen) atoms. The molecule has 0 bridgehead atoms. The Bertz CT molecular complexity index is 660. The molecule has 0 atom stereocenters. The van der Waals surface area contributed by atoms with Gasteiger partial charge in [-0.3, -0.25) is 14.4 Å². The number of benzene rings is 1. The molecule has 2 fully saturated rings. The molecule has 1 aromatic carbocycles. The Balaban J connectivity index is 1.52. The summed E-state index contributed by atoms with van der Waals surface area (Å²) in [5.41, 5.74) is 7.04. The minimum absolute atomic E-state index is 0.204. The average Bonchev–Trinajstić information content (AvgIpc) is 2.68. The van der Waals surface area contributed by atoms with Crippen molar-refractivity contribution in [1.29, 1.82) is 0 Å². The SMILES string of the molecule is NC(=O)C1CCN(C(=O)C(=O)Nc2ccc(N3CCCCC3)cc2)CC1. The Morgan fingerprint density at radius 3 is 2.12 bits per heavy atom. The standard InChI is InChI=1S/C19H26N4O3/c20-17(24)14-8-12-23(13-9-14)19(26)18(25)21-15-4-6-16(7-5-15)22-10-2-1-3-11-22/h4-7,14H,1-3,8-13H2,(H2,20,24)(H,21,25). The van der Waals surface area contributed by atoms with E-state index in [2.05, 4.69) is 10.2 Å². The number of carbonyl (C=O) groups excluding carboxylic acids is 3. The summed E-state index contributed by atoms with van der Waals surface area (Å²) in [6.07, 6.45) is 4.72. The molecule has 3 N–H and O–H groups in total. The van der Waals surface area contributed by atoms with Gasteiger partial charge in [0.15, 0.2) is 0 Å². The van der Waals surface area contributed by atoms with Crippen LogP contribution in [0.2, 0.25) is 0 Å². The maximum absolute atomic E-state index is 12.3. The number of carbonyl (C=O) groups is 3. The van der Waals surface area contributed by atoms with Crippen LogP contribution in [-0.2, 0) is 14.4 Å². The van der Waals surface area contributed by atoms with Crippen molar-refractivity contribution in [3.05, 3.63) is 24.3 Å². The van der Waals surface area contributed by atoms with Crippen molar-refractivity contribution in [2.24, 2.45) is 11.7 Å². The number of anilines is 2. The van der Waals surface area contributed by atoms with Gasteiger partial charge in [0.2, 0.25) is 5.91 Å². The number of rotatable bonds is 3. The largest absolute Gasteiger partial charge is 0.372 e. The Morgan fingerprint density at radius 2 is 1.54 bits per heavy atom. The zero-order valence-corrected chi connectivity index (χ0v) is 14.9. The molecule has 0 spiro atoms. The van der Waals surface area contributed by atoms with Gasteiger partial charge in [-0.05, 0) is 56.4 Å². The summed E-state index contributed by atoms with van der Waals surface area (Å²) in [5.74, 6) is -1.75. The molecule has 3 amide bonds. The van der Waals surface area contributed by atoms with E-state index < -0.39 is 11.8 Å². The van der Waals surface area contributed by atoms with Crippen LogP contribution in [-0.4, -0.2) is 48.8 Å². The number of primary amides is 1. The van der Waals surface area contributed by atoms with E-state index in [-0.39, 0.29) is 11.8 Å². The lowest BCUT2D eigenvalue weighted by molar-refractivity contribution is -0.144. The van der Waals surface area contributed by atoms with Crippen molar-refractivity contribution < 1.29 is 14.4 Å². The predicted molar refractivity (Wildman–Crippen MR) is 99.6 cm³/mol. The molecule has 140 valence electrons. The van der Waals surface area contributed by atoms with E-state index in [1.54, 1.807) is 0 Å². The number of piperidine rings is 2. The summed E-state index contributed by atoms with van der Waals surface area (Å²) in [5, 5.41) is 2.66. The van der Waals surface area contributed by atoms with Gasteiger partial charge in [-0.2, -0.15) is 0 Å². The number of hydrogen-bond donors (Lipinski definition) is 2. The van der Waals surface area contributed by atoms with Crippen LogP contribution >= 0.6 is 0 Å². The van der Waals surface area contributed by atoms with Crippen LogP contribution < -0.4 is 16.0 Å². The van der Waals surface area contributed by atoms with Gasteiger partial charge < -0.3 is 20.9 Å². The van der Waals surface area contributed by atoms with Crippen LogP contribution in [0.25, 0.3) is 0 Å². The molecule has 0 unspecified atom stereocenters. The topological polar surface area (TPSA) is 95.7 Å². The van der Waals surface area contributed by atoms with Gasteiger partial charge in [0.25, 0.3) is 0 Å². The first-order chi connectivity index (χ1) is 12.5. The van der Waals surface area contributed by atoms with E-state index in [4.69, 9.17) is 5.73 Å². The van der Waals surface area contributed by atoms with E-state index >= 15 is 0 Å². The van der Waals surface area contributed by atoms with Crippen molar-refractivity contribution in [2.45, 2.75) is 32.1 Å². The maximum Gasteiger partial charge on any atom is 0.313 e. The summed E-state index contributed by atoms with van der Waals surface area (Å²) in [7, 11) is 0. The van der Waals surface area contributed by atoms with Gasteiger partial charge in [-0.25, -0.2) is 0 Å². The second kappa shape index (κ2) is 8.21. The fourth-order valence-electron chi connectivity index (χ4n) is 3.60. The fourth-order valence-corrected chi connectivity index (χ4v) is 3.60. The lowest BCUT2D eigenvalue weighted by Gasteiger charge is -2.30. The molecule has 3 rings (SSSR count). The van der Waals surface area contributed by atoms with E-state index in [0.717, 1.165) is 18.8 Å². The van der Waals surface area contributed by atoms with Crippen LogP contribution in [0.15, 0.2) is 24.3 Å². The quantitative estimate of drug-likeness (QED) is 0.797. The van der Waals surface area contributed by atoms with Crippen molar-refractivity contribution in [3.63, 3.8) is 0 Å². The van der Waals surface area contributed by atoms with E-state index in [0.29, 0.717) is 31.6 Å². The van der Waals surface area contributed by atoms with Crippen molar-refractivity contribution >= 4 is 29.1 Å². The summed E-state index contributed by atoms with van der Waals surface area (Å²) < 4.78 is 0. The highest BCUT2D eigenvalue weighted by atomic mass is 16.2. The smallest absolute Gasteiger partial charge is 0.313 e. The average molecular weight is 358 g/mol. The zero-order chi connectivity index (χ0) is 18.5. The van der Waals surface area contributed by atoms with Crippen LogP contribution in [0.5, 0.6) is 0 Å². The zero-order valence-electron chi connectivity index (χ0n) is 14.9. The number of nitrogens with one attached hydrogen (secondary N) is 1. The lowest BCUT2D eigenvalue weighted by atomic mass is 9.96. The van der Waals surface area contributed by atoms with Gasteiger partial charge in [0, 0.05) is 43.5 Å². The Kier molecular flexibility index (Phi) is 5.75. The molecule has 2 aliphatic rings. The van der Waals surface area contributed by atoms with Gasteiger partial charge in [0.1, 0.15) is 0 Å². The third kappa shape index (κ3) is 4.33. The number of amides is 3. The van der Waals surface area contributed by atoms with E-state index in [1.807, 2.05) is 24.3 Å². The number of nitrogens with two attached hydrogens (primary N) is 1.